The molecular formula is C13H19N5O2. The van der Waals surface area contributed by atoms with Gasteiger partial charge >= 0.3 is 0 Å². The van der Waals surface area contributed by atoms with Crippen LogP contribution in [0.2, 0.25) is 0 Å². The van der Waals surface area contributed by atoms with E-state index in [1.807, 2.05) is 20.2 Å². The fraction of sp³-hybridized carbons (Fsp3) is 0.538. The second kappa shape index (κ2) is 6.31. The van der Waals surface area contributed by atoms with E-state index in [-0.39, 0.29) is 5.91 Å². The van der Waals surface area contributed by atoms with E-state index in [4.69, 9.17) is 4.52 Å². The summed E-state index contributed by atoms with van der Waals surface area (Å²) < 4.78 is 6.75. The van der Waals surface area contributed by atoms with Crippen molar-refractivity contribution in [3.05, 3.63) is 29.7 Å². The molecule has 0 saturated heterocycles. The Kier molecular flexibility index (Phi) is 4.49. The quantitative estimate of drug-likeness (QED) is 0.786. The van der Waals surface area contributed by atoms with Crippen LogP contribution in [-0.2, 0) is 31.2 Å². The van der Waals surface area contributed by atoms with Crippen LogP contribution in [0.3, 0.4) is 0 Å². The number of aryl methyl sites for hydroxylation is 3. The van der Waals surface area contributed by atoms with Crippen LogP contribution in [0.4, 0.5) is 0 Å². The van der Waals surface area contributed by atoms with Crippen molar-refractivity contribution in [1.29, 1.82) is 0 Å². The molecule has 7 nitrogen and oxygen atoms in total. The molecule has 108 valence electrons. The summed E-state index contributed by atoms with van der Waals surface area (Å²) in [6.45, 7) is 2.31. The molecule has 0 saturated carbocycles. The van der Waals surface area contributed by atoms with E-state index in [1.54, 1.807) is 22.8 Å². The van der Waals surface area contributed by atoms with Gasteiger partial charge in [0.15, 0.2) is 5.82 Å². The minimum absolute atomic E-state index is 0.0525. The average Bonchev–Trinajstić information content (AvgIpc) is 3.04. The van der Waals surface area contributed by atoms with E-state index in [2.05, 4.69) is 15.2 Å². The summed E-state index contributed by atoms with van der Waals surface area (Å²) in [6, 6.07) is 0. The number of carbonyl (C=O) groups excluding carboxylic acids is 1. The van der Waals surface area contributed by atoms with E-state index in [0.717, 1.165) is 5.56 Å². The molecule has 0 aliphatic rings. The Labute approximate surface area is 117 Å². The Bertz CT molecular complexity index is 575. The van der Waals surface area contributed by atoms with E-state index < -0.39 is 0 Å². The zero-order chi connectivity index (χ0) is 14.5. The number of aromatic nitrogens is 4. The van der Waals surface area contributed by atoms with Crippen LogP contribution in [0.15, 0.2) is 16.9 Å². The Morgan fingerprint density at radius 3 is 2.90 bits per heavy atom. The fourth-order valence-corrected chi connectivity index (χ4v) is 1.84. The molecule has 0 fully saturated rings. The zero-order valence-corrected chi connectivity index (χ0v) is 12.0. The van der Waals surface area contributed by atoms with E-state index in [0.29, 0.717) is 37.5 Å². The Morgan fingerprint density at radius 1 is 1.50 bits per heavy atom. The molecule has 0 N–H and O–H groups in total. The lowest BCUT2D eigenvalue weighted by Gasteiger charge is -2.14. The summed E-state index contributed by atoms with van der Waals surface area (Å²) in [5.74, 6) is 1.19. The average molecular weight is 277 g/mol. The first kappa shape index (κ1) is 14.2. The van der Waals surface area contributed by atoms with Crippen LogP contribution in [0.5, 0.6) is 0 Å². The first-order valence-electron chi connectivity index (χ1n) is 6.61. The van der Waals surface area contributed by atoms with Crippen molar-refractivity contribution in [2.45, 2.75) is 32.7 Å². The first-order chi connectivity index (χ1) is 9.58. The third kappa shape index (κ3) is 3.66. The summed E-state index contributed by atoms with van der Waals surface area (Å²) in [5, 5.41) is 7.92. The molecule has 20 heavy (non-hydrogen) atoms. The summed E-state index contributed by atoms with van der Waals surface area (Å²) in [5.41, 5.74) is 1.06. The molecule has 2 heterocycles. The second-order valence-corrected chi connectivity index (χ2v) is 4.73. The normalized spacial score (nSPS) is 10.8. The van der Waals surface area contributed by atoms with Crippen LogP contribution < -0.4 is 0 Å². The molecule has 0 aliphatic heterocycles. The number of hydrogen-bond donors (Lipinski definition) is 0. The summed E-state index contributed by atoms with van der Waals surface area (Å²) in [4.78, 5) is 17.8. The predicted octanol–water partition coefficient (Wildman–Crippen LogP) is 0.957. The fourth-order valence-electron chi connectivity index (χ4n) is 1.84. The SMILES string of the molecule is CCc1nc(CN(C)C(=O)CCc2cnn(C)c2)no1. The first-order valence-corrected chi connectivity index (χ1v) is 6.61. The van der Waals surface area contributed by atoms with Gasteiger partial charge in [0.2, 0.25) is 11.8 Å². The second-order valence-electron chi connectivity index (χ2n) is 4.73. The Morgan fingerprint density at radius 2 is 2.30 bits per heavy atom. The van der Waals surface area contributed by atoms with Crippen molar-refractivity contribution >= 4 is 5.91 Å². The van der Waals surface area contributed by atoms with Crippen LogP contribution in [0.25, 0.3) is 0 Å². The van der Waals surface area contributed by atoms with Gasteiger partial charge in [-0.15, -0.1) is 0 Å². The third-order valence-electron chi connectivity index (χ3n) is 3.00. The highest BCUT2D eigenvalue weighted by Gasteiger charge is 2.13. The van der Waals surface area contributed by atoms with Crippen molar-refractivity contribution < 1.29 is 9.32 Å². The number of hydrogen-bond acceptors (Lipinski definition) is 5. The summed E-state index contributed by atoms with van der Waals surface area (Å²) >= 11 is 0. The lowest BCUT2D eigenvalue weighted by Crippen LogP contribution is -2.26. The number of nitrogens with zero attached hydrogens (tertiary/aromatic N) is 5. The van der Waals surface area contributed by atoms with Gasteiger partial charge in [-0.2, -0.15) is 10.1 Å². The van der Waals surface area contributed by atoms with Crippen LogP contribution >= 0.6 is 0 Å². The molecule has 2 aromatic rings. The van der Waals surface area contributed by atoms with Crippen molar-refractivity contribution in [2.75, 3.05) is 7.05 Å². The molecular weight excluding hydrogens is 258 g/mol. The van der Waals surface area contributed by atoms with E-state index in [9.17, 15) is 4.79 Å². The monoisotopic (exact) mass is 277 g/mol. The van der Waals surface area contributed by atoms with Gasteiger partial charge in [-0.05, 0) is 12.0 Å². The molecule has 0 unspecified atom stereocenters. The van der Waals surface area contributed by atoms with Crippen LogP contribution in [0, 0.1) is 0 Å². The smallest absolute Gasteiger partial charge is 0.226 e. The maximum Gasteiger partial charge on any atom is 0.226 e. The number of amides is 1. The van der Waals surface area contributed by atoms with Crippen molar-refractivity contribution in [2.24, 2.45) is 7.05 Å². The molecule has 0 bridgehead atoms. The number of carbonyl (C=O) groups is 1. The van der Waals surface area contributed by atoms with Crippen LogP contribution in [-0.4, -0.2) is 37.8 Å². The maximum atomic E-state index is 12.0. The van der Waals surface area contributed by atoms with Crippen LogP contribution in [0.1, 0.15) is 30.6 Å². The lowest BCUT2D eigenvalue weighted by molar-refractivity contribution is -0.130. The number of rotatable bonds is 6. The summed E-state index contributed by atoms with van der Waals surface area (Å²) in [7, 11) is 3.60. The van der Waals surface area contributed by atoms with Gasteiger partial charge in [0.05, 0.1) is 12.7 Å². The van der Waals surface area contributed by atoms with Gasteiger partial charge in [0.1, 0.15) is 0 Å². The minimum Gasteiger partial charge on any atom is -0.339 e. The van der Waals surface area contributed by atoms with Crippen molar-refractivity contribution in [1.82, 2.24) is 24.8 Å². The van der Waals surface area contributed by atoms with Crippen molar-refractivity contribution in [3.8, 4) is 0 Å². The van der Waals surface area contributed by atoms with E-state index >= 15 is 0 Å². The zero-order valence-electron chi connectivity index (χ0n) is 12.0. The Balaban J connectivity index is 1.82. The minimum atomic E-state index is 0.0525. The highest BCUT2D eigenvalue weighted by Crippen LogP contribution is 2.06. The van der Waals surface area contributed by atoms with Crippen molar-refractivity contribution in [3.63, 3.8) is 0 Å². The van der Waals surface area contributed by atoms with Gasteiger partial charge < -0.3 is 9.42 Å². The molecule has 1 amide bonds. The van der Waals surface area contributed by atoms with Gasteiger partial charge in [0.25, 0.3) is 0 Å². The molecule has 7 heteroatoms. The van der Waals surface area contributed by atoms with Gasteiger partial charge in [-0.25, -0.2) is 0 Å². The molecule has 2 aromatic heterocycles. The standard InChI is InChI=1S/C13H19N5O2/c1-4-12-15-11(16-20-12)9-17(2)13(19)6-5-10-7-14-18(3)8-10/h7-8H,4-6,9H2,1-3H3. The highest BCUT2D eigenvalue weighted by atomic mass is 16.5. The van der Waals surface area contributed by atoms with E-state index in [1.165, 1.54) is 0 Å². The van der Waals surface area contributed by atoms with Gasteiger partial charge in [-0.3, -0.25) is 9.48 Å². The molecule has 0 atom stereocenters. The Hall–Kier alpha value is -2.18. The summed E-state index contributed by atoms with van der Waals surface area (Å²) in [6.07, 6.45) is 5.52. The molecule has 0 radical (unpaired) electrons. The molecule has 0 aliphatic carbocycles. The largest absolute Gasteiger partial charge is 0.339 e. The highest BCUT2D eigenvalue weighted by molar-refractivity contribution is 5.76. The maximum absolute atomic E-state index is 12.0. The topological polar surface area (TPSA) is 77.1 Å². The lowest BCUT2D eigenvalue weighted by atomic mass is 10.2. The predicted molar refractivity (Wildman–Crippen MR) is 71.7 cm³/mol. The third-order valence-corrected chi connectivity index (χ3v) is 3.00. The van der Waals surface area contributed by atoms with Gasteiger partial charge in [-0.1, -0.05) is 12.1 Å². The molecule has 0 spiro atoms. The molecule has 2 rings (SSSR count). The molecule has 0 aromatic carbocycles. The van der Waals surface area contributed by atoms with Gasteiger partial charge in [0, 0.05) is 33.1 Å².